The van der Waals surface area contributed by atoms with E-state index in [4.69, 9.17) is 14.7 Å². The van der Waals surface area contributed by atoms with Crippen LogP contribution >= 0.6 is 0 Å². The summed E-state index contributed by atoms with van der Waals surface area (Å²) in [6.45, 7) is 2.45. The Balaban J connectivity index is 1.60. The molecule has 0 radical (unpaired) electrons. The third-order valence-electron chi connectivity index (χ3n) is 4.50. The SMILES string of the molecule is N#CCc1ccc(NC2CCOC3(CCOCC3)C2)cc1. The van der Waals surface area contributed by atoms with E-state index in [0.717, 1.165) is 56.8 Å². The Morgan fingerprint density at radius 1 is 1.19 bits per heavy atom. The van der Waals surface area contributed by atoms with Crippen molar-refractivity contribution in [1.82, 2.24) is 0 Å². The Labute approximate surface area is 126 Å². The average Bonchev–Trinajstić information content (AvgIpc) is 2.50. The second-order valence-electron chi connectivity index (χ2n) is 6.01. The fourth-order valence-corrected chi connectivity index (χ4v) is 3.29. The Morgan fingerprint density at radius 2 is 1.95 bits per heavy atom. The van der Waals surface area contributed by atoms with Crippen molar-refractivity contribution in [2.45, 2.75) is 43.7 Å². The van der Waals surface area contributed by atoms with E-state index in [1.807, 2.05) is 12.1 Å². The molecule has 4 heteroatoms. The normalized spacial score (nSPS) is 24.4. The predicted octanol–water partition coefficient (Wildman–Crippen LogP) is 2.89. The van der Waals surface area contributed by atoms with Gasteiger partial charge in [-0.25, -0.2) is 0 Å². The van der Waals surface area contributed by atoms with E-state index in [1.165, 1.54) is 0 Å². The predicted molar refractivity (Wildman–Crippen MR) is 81.1 cm³/mol. The molecule has 1 aromatic carbocycles. The van der Waals surface area contributed by atoms with E-state index >= 15 is 0 Å². The van der Waals surface area contributed by atoms with Gasteiger partial charge in [-0.1, -0.05) is 12.1 Å². The largest absolute Gasteiger partial charge is 0.382 e. The van der Waals surface area contributed by atoms with Crippen molar-refractivity contribution in [2.24, 2.45) is 0 Å². The first-order valence-electron chi connectivity index (χ1n) is 7.74. The van der Waals surface area contributed by atoms with Gasteiger partial charge in [-0.2, -0.15) is 5.26 Å². The molecule has 112 valence electrons. The molecular weight excluding hydrogens is 264 g/mol. The van der Waals surface area contributed by atoms with Gasteiger partial charge in [0.1, 0.15) is 0 Å². The van der Waals surface area contributed by atoms with Crippen LogP contribution in [0, 0.1) is 11.3 Å². The summed E-state index contributed by atoms with van der Waals surface area (Å²) in [5, 5.41) is 12.3. The van der Waals surface area contributed by atoms with E-state index < -0.39 is 0 Å². The van der Waals surface area contributed by atoms with Gasteiger partial charge in [-0.05, 0) is 43.4 Å². The molecule has 2 fully saturated rings. The summed E-state index contributed by atoms with van der Waals surface area (Å²) in [5.41, 5.74) is 2.22. The summed E-state index contributed by atoms with van der Waals surface area (Å²) < 4.78 is 11.5. The lowest BCUT2D eigenvalue weighted by Crippen LogP contribution is -2.47. The Hall–Kier alpha value is -1.57. The van der Waals surface area contributed by atoms with Crippen LogP contribution < -0.4 is 5.32 Å². The maximum Gasteiger partial charge on any atom is 0.0745 e. The second kappa shape index (κ2) is 6.46. The molecule has 0 amide bonds. The average molecular weight is 286 g/mol. The number of nitrogens with zero attached hydrogens (tertiary/aromatic N) is 1. The zero-order valence-corrected chi connectivity index (χ0v) is 12.3. The van der Waals surface area contributed by atoms with E-state index in [9.17, 15) is 0 Å². The molecule has 0 bridgehead atoms. The van der Waals surface area contributed by atoms with E-state index in [2.05, 4.69) is 23.5 Å². The van der Waals surface area contributed by atoms with Crippen molar-refractivity contribution < 1.29 is 9.47 Å². The van der Waals surface area contributed by atoms with Crippen LogP contribution in [0.1, 0.15) is 31.2 Å². The minimum absolute atomic E-state index is 0.0227. The molecule has 21 heavy (non-hydrogen) atoms. The number of ether oxygens (including phenoxy) is 2. The lowest BCUT2D eigenvalue weighted by molar-refractivity contribution is -0.135. The lowest BCUT2D eigenvalue weighted by atomic mass is 9.84. The maximum absolute atomic E-state index is 8.70. The van der Waals surface area contributed by atoms with Crippen LogP contribution in [0.2, 0.25) is 0 Å². The second-order valence-corrected chi connectivity index (χ2v) is 6.01. The van der Waals surface area contributed by atoms with Crippen molar-refractivity contribution in [3.63, 3.8) is 0 Å². The van der Waals surface area contributed by atoms with Crippen LogP contribution in [0.3, 0.4) is 0 Å². The molecule has 0 aliphatic carbocycles. The number of hydrogen-bond donors (Lipinski definition) is 1. The molecule has 1 N–H and O–H groups in total. The summed E-state index contributed by atoms with van der Waals surface area (Å²) in [6, 6.07) is 10.8. The molecule has 3 rings (SSSR count). The highest BCUT2D eigenvalue weighted by Gasteiger charge is 2.38. The minimum Gasteiger partial charge on any atom is -0.382 e. The van der Waals surface area contributed by atoms with Crippen LogP contribution in [0.25, 0.3) is 0 Å². The molecule has 0 saturated carbocycles. The summed E-state index contributed by atoms with van der Waals surface area (Å²) in [5.74, 6) is 0. The number of benzene rings is 1. The molecule has 1 atom stereocenters. The van der Waals surface area contributed by atoms with E-state index in [1.54, 1.807) is 0 Å². The van der Waals surface area contributed by atoms with Crippen molar-refractivity contribution in [1.29, 1.82) is 5.26 Å². The van der Waals surface area contributed by atoms with E-state index in [-0.39, 0.29) is 5.60 Å². The number of nitrogens with one attached hydrogen (secondary N) is 1. The number of rotatable bonds is 3. The third kappa shape index (κ3) is 3.55. The fraction of sp³-hybridized carbons (Fsp3) is 0.588. The first-order valence-corrected chi connectivity index (χ1v) is 7.74. The molecule has 2 aliphatic heterocycles. The smallest absolute Gasteiger partial charge is 0.0745 e. The monoisotopic (exact) mass is 286 g/mol. The summed E-state index contributed by atoms with van der Waals surface area (Å²) in [7, 11) is 0. The Kier molecular flexibility index (Phi) is 4.42. The molecule has 4 nitrogen and oxygen atoms in total. The van der Waals surface area contributed by atoms with E-state index in [0.29, 0.717) is 12.5 Å². The first kappa shape index (κ1) is 14.4. The third-order valence-corrected chi connectivity index (χ3v) is 4.50. The molecule has 1 spiro atoms. The Bertz CT molecular complexity index is 495. The minimum atomic E-state index is 0.0227. The number of anilines is 1. The van der Waals surface area contributed by atoms with Gasteiger partial charge in [-0.3, -0.25) is 0 Å². The van der Waals surface area contributed by atoms with Crippen molar-refractivity contribution in [2.75, 3.05) is 25.1 Å². The molecule has 1 aromatic rings. The van der Waals surface area contributed by atoms with Gasteiger partial charge in [-0.15, -0.1) is 0 Å². The van der Waals surface area contributed by atoms with Crippen LogP contribution in [-0.4, -0.2) is 31.5 Å². The van der Waals surface area contributed by atoms with Crippen LogP contribution in [0.4, 0.5) is 5.69 Å². The van der Waals surface area contributed by atoms with Crippen molar-refractivity contribution >= 4 is 5.69 Å². The standard InChI is InChI=1S/C17H22N2O2/c18-9-5-14-1-3-15(4-2-14)19-16-6-10-21-17(13-16)7-11-20-12-8-17/h1-4,16,19H,5-8,10-13H2. The highest BCUT2D eigenvalue weighted by atomic mass is 16.5. The van der Waals surface area contributed by atoms with Crippen LogP contribution in [-0.2, 0) is 15.9 Å². The summed E-state index contributed by atoms with van der Waals surface area (Å²) >= 11 is 0. The molecular formula is C17H22N2O2. The van der Waals surface area contributed by atoms with Crippen LogP contribution in [0.15, 0.2) is 24.3 Å². The lowest BCUT2D eigenvalue weighted by Gasteiger charge is -2.43. The zero-order valence-electron chi connectivity index (χ0n) is 12.3. The summed E-state index contributed by atoms with van der Waals surface area (Å²) in [6.07, 6.45) is 4.58. The number of nitriles is 1. The first-order chi connectivity index (χ1) is 10.3. The maximum atomic E-state index is 8.70. The zero-order chi connectivity index (χ0) is 14.5. The fourth-order valence-electron chi connectivity index (χ4n) is 3.29. The van der Waals surface area contributed by atoms with Gasteiger partial charge >= 0.3 is 0 Å². The molecule has 2 aliphatic rings. The van der Waals surface area contributed by atoms with Crippen LogP contribution in [0.5, 0.6) is 0 Å². The Morgan fingerprint density at radius 3 is 2.67 bits per heavy atom. The van der Waals surface area contributed by atoms with Gasteiger partial charge in [0.2, 0.25) is 0 Å². The topological polar surface area (TPSA) is 54.3 Å². The quantitative estimate of drug-likeness (QED) is 0.928. The molecule has 1 unspecified atom stereocenters. The van der Waals surface area contributed by atoms with Gasteiger partial charge in [0.25, 0.3) is 0 Å². The van der Waals surface area contributed by atoms with Gasteiger partial charge in [0, 0.05) is 31.5 Å². The van der Waals surface area contributed by atoms with Gasteiger partial charge < -0.3 is 14.8 Å². The summed E-state index contributed by atoms with van der Waals surface area (Å²) in [4.78, 5) is 0. The highest BCUT2D eigenvalue weighted by Crippen LogP contribution is 2.35. The number of hydrogen-bond acceptors (Lipinski definition) is 4. The van der Waals surface area contributed by atoms with Gasteiger partial charge in [0.15, 0.2) is 0 Å². The molecule has 2 heterocycles. The van der Waals surface area contributed by atoms with Crippen molar-refractivity contribution in [3.8, 4) is 6.07 Å². The molecule has 2 saturated heterocycles. The van der Waals surface area contributed by atoms with Crippen molar-refractivity contribution in [3.05, 3.63) is 29.8 Å². The molecule has 0 aromatic heterocycles. The highest BCUT2D eigenvalue weighted by molar-refractivity contribution is 5.46. The van der Waals surface area contributed by atoms with Gasteiger partial charge in [0.05, 0.1) is 18.1 Å².